The van der Waals surface area contributed by atoms with Gasteiger partial charge < -0.3 is 10.6 Å². The van der Waals surface area contributed by atoms with Crippen molar-refractivity contribution >= 4 is 22.9 Å². The molecule has 4 rings (SSSR count). The monoisotopic (exact) mass is 477 g/mol. The minimum atomic E-state index is -4.62. The van der Waals surface area contributed by atoms with E-state index in [4.69, 9.17) is 11.0 Å². The smallest absolute Gasteiger partial charge is 0.370 e. The highest BCUT2D eigenvalue weighted by Crippen LogP contribution is 2.40. The number of alkyl halides is 3. The second-order valence-corrected chi connectivity index (χ2v) is 9.83. The van der Waals surface area contributed by atoms with Crippen LogP contribution in [-0.2, 0) is 17.5 Å². The molecule has 2 aromatic rings. The predicted octanol–water partition coefficient (Wildman–Crippen LogP) is 3.79. The lowest BCUT2D eigenvalue weighted by Gasteiger charge is -2.36. The van der Waals surface area contributed by atoms with Crippen molar-refractivity contribution in [2.45, 2.75) is 32.5 Å². The van der Waals surface area contributed by atoms with Gasteiger partial charge in [0.25, 0.3) is 0 Å². The summed E-state index contributed by atoms with van der Waals surface area (Å²) in [5.41, 5.74) is 7.64. The van der Waals surface area contributed by atoms with Crippen molar-refractivity contribution in [2.24, 2.45) is 23.5 Å². The van der Waals surface area contributed by atoms with Crippen LogP contribution < -0.4 is 10.6 Å². The fourth-order valence-corrected chi connectivity index (χ4v) is 5.92. The van der Waals surface area contributed by atoms with Crippen LogP contribution in [0.1, 0.15) is 34.5 Å². The van der Waals surface area contributed by atoms with E-state index in [2.05, 4.69) is 9.88 Å². The van der Waals surface area contributed by atoms with E-state index in [1.165, 1.54) is 17.0 Å². The zero-order valence-corrected chi connectivity index (χ0v) is 19.1. The van der Waals surface area contributed by atoms with Gasteiger partial charge in [0.1, 0.15) is 0 Å². The normalized spacial score (nSPS) is 22.5. The molecule has 0 saturated carbocycles. The average molecular weight is 478 g/mol. The fourth-order valence-electron chi connectivity index (χ4n) is 5.10. The van der Waals surface area contributed by atoms with Crippen LogP contribution in [-0.4, -0.2) is 42.0 Å². The van der Waals surface area contributed by atoms with Gasteiger partial charge in [-0.05, 0) is 62.9 Å². The number of amides is 1. The van der Waals surface area contributed by atoms with Crippen LogP contribution in [0.3, 0.4) is 0 Å². The Hall–Kier alpha value is -2.64. The maximum absolute atomic E-state index is 13.4. The summed E-state index contributed by atoms with van der Waals surface area (Å²) in [7, 11) is 0. The lowest BCUT2D eigenvalue weighted by atomic mass is 9.78. The summed E-state index contributed by atoms with van der Waals surface area (Å²) < 4.78 is 40.3. The first-order chi connectivity index (χ1) is 15.7. The minimum Gasteiger partial charge on any atom is -0.370 e. The number of anilines is 1. The summed E-state index contributed by atoms with van der Waals surface area (Å²) >= 11 is 1.66. The Kier molecular flexibility index (Phi) is 6.64. The Morgan fingerprint density at radius 3 is 2.61 bits per heavy atom. The third kappa shape index (κ3) is 4.99. The van der Waals surface area contributed by atoms with Crippen molar-refractivity contribution in [3.05, 3.63) is 45.4 Å². The van der Waals surface area contributed by atoms with Gasteiger partial charge in [0.15, 0.2) is 0 Å². The highest BCUT2D eigenvalue weighted by molar-refractivity contribution is 7.09. The molecule has 2 aliphatic heterocycles. The summed E-state index contributed by atoms with van der Waals surface area (Å²) in [6.07, 6.45) is -2.78. The number of primary amides is 1. The van der Waals surface area contributed by atoms with E-state index in [-0.39, 0.29) is 11.8 Å². The van der Waals surface area contributed by atoms with E-state index < -0.39 is 29.1 Å². The topological polar surface area (TPSA) is 86.2 Å². The van der Waals surface area contributed by atoms with Gasteiger partial charge >= 0.3 is 6.18 Å². The third-order valence-corrected chi connectivity index (χ3v) is 7.89. The van der Waals surface area contributed by atoms with Gasteiger partial charge in [0, 0.05) is 30.2 Å². The molecule has 1 amide bonds. The molecule has 2 N–H and O–H groups in total. The summed E-state index contributed by atoms with van der Waals surface area (Å²) in [5.74, 6) is -0.531. The molecule has 2 aliphatic rings. The van der Waals surface area contributed by atoms with Crippen LogP contribution in [0.4, 0.5) is 18.9 Å². The molecule has 0 unspecified atom stereocenters. The van der Waals surface area contributed by atoms with Crippen molar-refractivity contribution in [3.8, 4) is 6.07 Å². The maximum Gasteiger partial charge on any atom is 0.417 e. The summed E-state index contributed by atoms with van der Waals surface area (Å²) in [6.45, 7) is 5.46. The first-order valence-corrected chi connectivity index (χ1v) is 11.8. The van der Waals surface area contributed by atoms with Crippen molar-refractivity contribution in [2.75, 3.05) is 31.1 Å². The van der Waals surface area contributed by atoms with Gasteiger partial charge in [0.05, 0.1) is 34.3 Å². The van der Waals surface area contributed by atoms with Crippen molar-refractivity contribution < 1.29 is 18.0 Å². The molecule has 3 heterocycles. The van der Waals surface area contributed by atoms with E-state index in [1.807, 2.05) is 17.3 Å². The Bertz CT molecular complexity index is 1060. The van der Waals surface area contributed by atoms with Crippen LogP contribution in [0, 0.1) is 36.0 Å². The van der Waals surface area contributed by atoms with E-state index >= 15 is 0 Å². The first kappa shape index (κ1) is 23.5. The Balaban J connectivity index is 1.46. The fraction of sp³-hybridized carbons (Fsp3) is 0.522. The number of thiazole rings is 1. The molecular weight excluding hydrogens is 451 g/mol. The van der Waals surface area contributed by atoms with Gasteiger partial charge in [-0.15, -0.1) is 11.3 Å². The quantitative estimate of drug-likeness (QED) is 0.708. The molecule has 2 atom stereocenters. The number of carbonyl (C=O) groups excluding carboxylic acids is 1. The van der Waals surface area contributed by atoms with Crippen molar-refractivity contribution in [3.63, 3.8) is 0 Å². The highest BCUT2D eigenvalue weighted by atomic mass is 32.1. The number of hydrogen-bond acceptors (Lipinski definition) is 6. The van der Waals surface area contributed by atoms with Crippen molar-refractivity contribution in [1.82, 2.24) is 9.88 Å². The molecule has 1 aromatic heterocycles. The molecule has 2 fully saturated rings. The largest absolute Gasteiger partial charge is 0.417 e. The van der Waals surface area contributed by atoms with E-state index in [1.54, 1.807) is 17.4 Å². The number of aryl methyl sites for hydroxylation is 1. The molecule has 0 radical (unpaired) electrons. The van der Waals surface area contributed by atoms with E-state index in [0.717, 1.165) is 44.2 Å². The van der Waals surface area contributed by atoms with Gasteiger partial charge in [-0.25, -0.2) is 4.98 Å². The number of rotatable bonds is 5. The predicted molar refractivity (Wildman–Crippen MR) is 119 cm³/mol. The maximum atomic E-state index is 13.4. The first-order valence-electron chi connectivity index (χ1n) is 10.9. The number of aromatic nitrogens is 1. The van der Waals surface area contributed by atoms with Crippen LogP contribution >= 0.6 is 11.3 Å². The number of halogens is 3. The Morgan fingerprint density at radius 1 is 1.30 bits per heavy atom. The molecule has 1 aromatic carbocycles. The molecule has 0 bridgehead atoms. The average Bonchev–Trinajstić information content (AvgIpc) is 3.40. The summed E-state index contributed by atoms with van der Waals surface area (Å²) in [5, 5.41) is 9.05. The zero-order valence-electron chi connectivity index (χ0n) is 18.3. The number of nitrogens with two attached hydrogens (primary N) is 1. The molecule has 6 nitrogen and oxygen atoms in total. The molecular formula is C23H26F3N5OS. The molecule has 33 heavy (non-hydrogen) atoms. The third-order valence-electron chi connectivity index (χ3n) is 6.97. The summed E-state index contributed by atoms with van der Waals surface area (Å²) in [4.78, 5) is 22.0. The SMILES string of the molecule is Cc1ncsc1CN1CCC([C@@H]2CN(c3ccc(C#N)c(C(F)(F)F)c3)C[C@H]2C(N)=O)CC1. The molecule has 2 saturated heterocycles. The highest BCUT2D eigenvalue weighted by Gasteiger charge is 2.42. The number of piperidine rings is 1. The molecule has 0 aliphatic carbocycles. The van der Waals surface area contributed by atoms with Crippen molar-refractivity contribution in [1.29, 1.82) is 5.26 Å². The van der Waals surface area contributed by atoms with Crippen LogP contribution in [0.25, 0.3) is 0 Å². The lowest BCUT2D eigenvalue weighted by Crippen LogP contribution is -2.40. The van der Waals surface area contributed by atoms with Crippen LogP contribution in [0.15, 0.2) is 23.7 Å². The Labute approximate surface area is 194 Å². The van der Waals surface area contributed by atoms with Gasteiger partial charge in [-0.3, -0.25) is 9.69 Å². The van der Waals surface area contributed by atoms with Crippen LogP contribution in [0.5, 0.6) is 0 Å². The van der Waals surface area contributed by atoms with Gasteiger partial charge in [-0.1, -0.05) is 0 Å². The molecule has 0 spiro atoms. The van der Waals surface area contributed by atoms with E-state index in [9.17, 15) is 18.0 Å². The second kappa shape index (κ2) is 9.31. The number of benzene rings is 1. The number of hydrogen-bond donors (Lipinski definition) is 1. The number of likely N-dealkylation sites (tertiary alicyclic amines) is 1. The lowest BCUT2D eigenvalue weighted by molar-refractivity contribution is -0.137. The number of carbonyl (C=O) groups is 1. The molecule has 176 valence electrons. The minimum absolute atomic E-state index is 0.000212. The van der Waals surface area contributed by atoms with Gasteiger partial charge in [-0.2, -0.15) is 18.4 Å². The summed E-state index contributed by atoms with van der Waals surface area (Å²) in [6, 6.07) is 5.34. The Morgan fingerprint density at radius 2 is 2.03 bits per heavy atom. The number of nitriles is 1. The number of nitrogens with zero attached hydrogens (tertiary/aromatic N) is 4. The van der Waals surface area contributed by atoms with Gasteiger partial charge in [0.2, 0.25) is 5.91 Å². The van der Waals surface area contributed by atoms with Crippen LogP contribution in [0.2, 0.25) is 0 Å². The standard InChI is InChI=1S/C23H26F3N5OS/c1-14-21(33-13-29-14)12-30-6-4-15(5-7-30)18-10-31(11-19(18)22(28)32)17-3-2-16(9-27)20(8-17)23(24,25)26/h2-3,8,13,15,18-19H,4-7,10-12H2,1H3,(H2,28,32)/t18-,19+/m0/s1. The zero-order chi connectivity index (χ0) is 23.8. The second-order valence-electron chi connectivity index (χ2n) is 8.89. The molecule has 10 heteroatoms. The van der Waals surface area contributed by atoms with E-state index in [0.29, 0.717) is 18.8 Å².